The summed E-state index contributed by atoms with van der Waals surface area (Å²) in [4.78, 5) is 14.7. The maximum Gasteiger partial charge on any atom is 0.303 e. The summed E-state index contributed by atoms with van der Waals surface area (Å²) in [6.07, 6.45) is 3.60. The highest BCUT2D eigenvalue weighted by Crippen LogP contribution is 2.13. The highest BCUT2D eigenvalue weighted by atomic mass is 16.4. The molecule has 1 aromatic rings. The quantitative estimate of drug-likeness (QED) is 0.779. The molecule has 1 atom stereocenters. The minimum Gasteiger partial charge on any atom is -0.481 e. The molecule has 0 saturated heterocycles. The number of carboxylic acids is 1. The molecule has 14 heavy (non-hydrogen) atoms. The zero-order valence-electron chi connectivity index (χ0n) is 8.31. The van der Waals surface area contributed by atoms with E-state index in [2.05, 4.69) is 4.98 Å². The lowest BCUT2D eigenvalue weighted by Crippen LogP contribution is -2.10. The molecule has 0 radical (unpaired) electrons. The van der Waals surface area contributed by atoms with E-state index in [1.807, 2.05) is 25.1 Å². The van der Waals surface area contributed by atoms with Gasteiger partial charge in [0.05, 0.1) is 0 Å². The van der Waals surface area contributed by atoms with Gasteiger partial charge in [-0.2, -0.15) is 0 Å². The molecular formula is C11H15NO2. The van der Waals surface area contributed by atoms with Crippen LogP contribution in [0.5, 0.6) is 0 Å². The molecule has 76 valence electrons. The van der Waals surface area contributed by atoms with Crippen LogP contribution < -0.4 is 0 Å². The van der Waals surface area contributed by atoms with Crippen molar-refractivity contribution in [2.45, 2.75) is 26.2 Å². The molecule has 1 N–H and O–H groups in total. The van der Waals surface area contributed by atoms with Crippen LogP contribution in [0.15, 0.2) is 24.4 Å². The van der Waals surface area contributed by atoms with Gasteiger partial charge in [0.15, 0.2) is 0 Å². The van der Waals surface area contributed by atoms with Crippen LogP contribution in [0.3, 0.4) is 0 Å². The molecule has 1 heterocycles. The van der Waals surface area contributed by atoms with Crippen molar-refractivity contribution in [2.75, 3.05) is 0 Å². The Morgan fingerprint density at radius 1 is 1.57 bits per heavy atom. The Kier molecular flexibility index (Phi) is 4.11. The van der Waals surface area contributed by atoms with E-state index < -0.39 is 5.97 Å². The molecule has 0 aliphatic rings. The fraction of sp³-hybridized carbons (Fsp3) is 0.455. The minimum absolute atomic E-state index is 0.197. The fourth-order valence-electron chi connectivity index (χ4n) is 1.42. The summed E-state index contributed by atoms with van der Waals surface area (Å²) in [6, 6.07) is 5.72. The van der Waals surface area contributed by atoms with Crippen LogP contribution in [0.2, 0.25) is 0 Å². The number of aromatic nitrogens is 1. The number of carboxylic acid groups (broad SMARTS) is 1. The summed E-state index contributed by atoms with van der Waals surface area (Å²) >= 11 is 0. The van der Waals surface area contributed by atoms with E-state index in [0.717, 1.165) is 18.5 Å². The maximum absolute atomic E-state index is 10.5. The third kappa shape index (κ3) is 3.56. The van der Waals surface area contributed by atoms with Crippen molar-refractivity contribution in [1.82, 2.24) is 4.98 Å². The topological polar surface area (TPSA) is 50.2 Å². The zero-order chi connectivity index (χ0) is 10.4. The third-order valence-corrected chi connectivity index (χ3v) is 2.26. The molecular weight excluding hydrogens is 178 g/mol. The predicted octanol–water partition coefficient (Wildman–Crippen LogP) is 2.12. The van der Waals surface area contributed by atoms with Gasteiger partial charge in [0.1, 0.15) is 0 Å². The lowest BCUT2D eigenvalue weighted by molar-refractivity contribution is -0.138. The van der Waals surface area contributed by atoms with Gasteiger partial charge in [0, 0.05) is 18.3 Å². The Labute approximate surface area is 83.8 Å². The SMILES string of the molecule is CCC(CC(=O)O)Cc1ccccn1. The van der Waals surface area contributed by atoms with Gasteiger partial charge in [-0.25, -0.2) is 0 Å². The molecule has 0 bridgehead atoms. The van der Waals surface area contributed by atoms with E-state index in [1.165, 1.54) is 0 Å². The van der Waals surface area contributed by atoms with Gasteiger partial charge < -0.3 is 5.11 Å². The van der Waals surface area contributed by atoms with Crippen LogP contribution in [0.25, 0.3) is 0 Å². The lowest BCUT2D eigenvalue weighted by Gasteiger charge is -2.10. The van der Waals surface area contributed by atoms with Crippen molar-refractivity contribution in [2.24, 2.45) is 5.92 Å². The smallest absolute Gasteiger partial charge is 0.303 e. The van der Waals surface area contributed by atoms with E-state index in [-0.39, 0.29) is 12.3 Å². The maximum atomic E-state index is 10.5. The number of aliphatic carboxylic acids is 1. The lowest BCUT2D eigenvalue weighted by atomic mass is 9.96. The molecule has 0 aliphatic heterocycles. The van der Waals surface area contributed by atoms with Gasteiger partial charge in [-0.05, 0) is 24.5 Å². The second kappa shape index (κ2) is 5.37. The van der Waals surface area contributed by atoms with Gasteiger partial charge in [-0.15, -0.1) is 0 Å². The average Bonchev–Trinajstić information content (AvgIpc) is 2.17. The summed E-state index contributed by atoms with van der Waals surface area (Å²) in [5, 5.41) is 8.67. The van der Waals surface area contributed by atoms with E-state index in [0.29, 0.717) is 0 Å². The van der Waals surface area contributed by atoms with Crippen molar-refractivity contribution in [1.29, 1.82) is 0 Å². The Hall–Kier alpha value is -1.38. The van der Waals surface area contributed by atoms with Crippen LogP contribution in [-0.2, 0) is 11.2 Å². The summed E-state index contributed by atoms with van der Waals surface area (Å²) in [7, 11) is 0. The predicted molar refractivity (Wildman–Crippen MR) is 54.0 cm³/mol. The van der Waals surface area contributed by atoms with Crippen LogP contribution >= 0.6 is 0 Å². The molecule has 0 amide bonds. The molecule has 1 aromatic heterocycles. The van der Waals surface area contributed by atoms with Crippen LogP contribution in [0, 0.1) is 5.92 Å². The van der Waals surface area contributed by atoms with Gasteiger partial charge in [-0.1, -0.05) is 19.4 Å². The van der Waals surface area contributed by atoms with Crippen LogP contribution in [0.4, 0.5) is 0 Å². The summed E-state index contributed by atoms with van der Waals surface area (Å²) in [6.45, 7) is 2.01. The Balaban J connectivity index is 2.53. The van der Waals surface area contributed by atoms with Crippen LogP contribution in [0.1, 0.15) is 25.5 Å². The largest absolute Gasteiger partial charge is 0.481 e. The Bertz CT molecular complexity index is 285. The number of rotatable bonds is 5. The van der Waals surface area contributed by atoms with E-state index in [9.17, 15) is 4.79 Å². The highest BCUT2D eigenvalue weighted by molar-refractivity contribution is 5.67. The number of hydrogen-bond donors (Lipinski definition) is 1. The Morgan fingerprint density at radius 2 is 2.36 bits per heavy atom. The van der Waals surface area contributed by atoms with Gasteiger partial charge in [0.2, 0.25) is 0 Å². The Morgan fingerprint density at radius 3 is 2.86 bits per heavy atom. The highest BCUT2D eigenvalue weighted by Gasteiger charge is 2.11. The number of nitrogens with zero attached hydrogens (tertiary/aromatic N) is 1. The molecule has 0 spiro atoms. The zero-order valence-corrected chi connectivity index (χ0v) is 8.31. The molecule has 3 nitrogen and oxygen atoms in total. The van der Waals surface area contributed by atoms with Crippen molar-refractivity contribution in [3.05, 3.63) is 30.1 Å². The number of pyridine rings is 1. The van der Waals surface area contributed by atoms with E-state index in [1.54, 1.807) is 6.20 Å². The van der Waals surface area contributed by atoms with Crippen molar-refractivity contribution in [3.63, 3.8) is 0 Å². The monoisotopic (exact) mass is 193 g/mol. The van der Waals surface area contributed by atoms with E-state index in [4.69, 9.17) is 5.11 Å². The van der Waals surface area contributed by atoms with E-state index >= 15 is 0 Å². The number of carbonyl (C=O) groups is 1. The van der Waals surface area contributed by atoms with Gasteiger partial charge >= 0.3 is 5.97 Å². The summed E-state index contributed by atoms with van der Waals surface area (Å²) in [5.41, 5.74) is 0.973. The minimum atomic E-state index is -0.729. The standard InChI is InChI=1S/C11H15NO2/c1-2-9(8-11(13)14)7-10-5-3-4-6-12-10/h3-6,9H,2,7-8H2,1H3,(H,13,14). The molecule has 1 unspecified atom stereocenters. The van der Waals surface area contributed by atoms with Gasteiger partial charge in [0.25, 0.3) is 0 Å². The third-order valence-electron chi connectivity index (χ3n) is 2.26. The first-order valence-electron chi connectivity index (χ1n) is 4.84. The first-order chi connectivity index (χ1) is 6.72. The molecule has 1 rings (SSSR count). The van der Waals surface area contributed by atoms with Crippen molar-refractivity contribution < 1.29 is 9.90 Å². The molecule has 0 aliphatic carbocycles. The molecule has 0 saturated carbocycles. The molecule has 0 aromatic carbocycles. The van der Waals surface area contributed by atoms with Crippen LogP contribution in [-0.4, -0.2) is 16.1 Å². The first-order valence-corrected chi connectivity index (χ1v) is 4.84. The summed E-state index contributed by atoms with van der Waals surface area (Å²) in [5.74, 6) is -0.532. The molecule has 3 heteroatoms. The summed E-state index contributed by atoms with van der Waals surface area (Å²) < 4.78 is 0. The van der Waals surface area contributed by atoms with Gasteiger partial charge in [-0.3, -0.25) is 9.78 Å². The fourth-order valence-corrected chi connectivity index (χ4v) is 1.42. The second-order valence-electron chi connectivity index (χ2n) is 3.40. The number of hydrogen-bond acceptors (Lipinski definition) is 2. The first kappa shape index (κ1) is 10.7. The normalized spacial score (nSPS) is 12.4. The van der Waals surface area contributed by atoms with Crippen molar-refractivity contribution in [3.8, 4) is 0 Å². The average molecular weight is 193 g/mol. The molecule has 0 fully saturated rings. The van der Waals surface area contributed by atoms with Crippen molar-refractivity contribution >= 4 is 5.97 Å². The second-order valence-corrected chi connectivity index (χ2v) is 3.40.